The second-order valence-corrected chi connectivity index (χ2v) is 18.1. The molecule has 2 N–H and O–H groups in total. The van der Waals surface area contributed by atoms with E-state index in [9.17, 15) is 9.59 Å². The van der Waals surface area contributed by atoms with E-state index in [1.807, 2.05) is 115 Å². The van der Waals surface area contributed by atoms with E-state index in [-0.39, 0.29) is 22.8 Å². The molecule has 5 aromatic carbocycles. The highest BCUT2D eigenvalue weighted by Gasteiger charge is 2.54. The van der Waals surface area contributed by atoms with Gasteiger partial charge in [-0.15, -0.1) is 23.1 Å². The fourth-order valence-corrected chi connectivity index (χ4v) is 11.2. The first-order chi connectivity index (χ1) is 31.4. The number of nitrogens with zero attached hydrogens (tertiary/aromatic N) is 3. The number of oxime groups is 1. The van der Waals surface area contributed by atoms with Crippen molar-refractivity contribution in [2.75, 3.05) is 24.8 Å². The summed E-state index contributed by atoms with van der Waals surface area (Å²) in [5.41, 5.74) is 5.89. The van der Waals surface area contributed by atoms with Crippen molar-refractivity contribution in [2.24, 2.45) is 5.16 Å². The van der Waals surface area contributed by atoms with Gasteiger partial charge in [0.2, 0.25) is 5.05 Å². The summed E-state index contributed by atoms with van der Waals surface area (Å²) in [5, 5.41) is 13.0. The number of hydrogen-bond donors (Lipinski definition) is 2. The third kappa shape index (κ3) is 8.85. The Labute approximate surface area is 386 Å². The Morgan fingerprint density at radius 2 is 1.42 bits per heavy atom. The fraction of sp³-hybridized carbons (Fsp3) is 0.235. The van der Waals surface area contributed by atoms with Crippen molar-refractivity contribution in [3.63, 3.8) is 0 Å². The summed E-state index contributed by atoms with van der Waals surface area (Å²) in [5.74, 6) is -0.288. The van der Waals surface area contributed by atoms with Crippen LogP contribution in [0, 0.1) is 0 Å². The molecule has 0 radical (unpaired) electrons. The van der Waals surface area contributed by atoms with Crippen LogP contribution in [0.3, 0.4) is 0 Å². The Morgan fingerprint density at radius 3 is 1.95 bits per heavy atom. The number of anilines is 1. The van der Waals surface area contributed by atoms with Gasteiger partial charge in [-0.05, 0) is 71.3 Å². The quantitative estimate of drug-likeness (QED) is 0.0342. The number of thioether (sulfide) groups is 1. The minimum absolute atomic E-state index is 0.0214. The lowest BCUT2D eigenvalue weighted by molar-refractivity contribution is -0.144. The highest BCUT2D eigenvalue weighted by molar-refractivity contribution is 8.00. The summed E-state index contributed by atoms with van der Waals surface area (Å²) in [6.07, 6.45) is 3.20. The minimum Gasteiger partial charge on any atom is -0.469 e. The van der Waals surface area contributed by atoms with Gasteiger partial charge in [0.15, 0.2) is 10.8 Å². The number of carbonyl (C=O) groups excluding carboxylic acids is 2. The molecule has 0 bridgehead atoms. The Morgan fingerprint density at radius 1 is 0.859 bits per heavy atom. The SMILES string of the molecule is CO/N=C(/C(=O)NC1C(=O)N2C(C(=S)OC(c3ccccc3)c3ccccc3)=C(CC3CCCCO3)CS[C@H]12)c1csc(NC(c2ccccc2)(c2ccccc2)c2ccccc2)n1. The third-order valence-electron chi connectivity index (χ3n) is 11.8. The molecular weight excluding hydrogens is 859 g/mol. The van der Waals surface area contributed by atoms with Gasteiger partial charge in [-0.25, -0.2) is 4.98 Å². The summed E-state index contributed by atoms with van der Waals surface area (Å²) in [7, 11) is 1.38. The maximum atomic E-state index is 14.4. The first kappa shape index (κ1) is 43.1. The Bertz CT molecular complexity index is 2490. The van der Waals surface area contributed by atoms with Crippen LogP contribution in [0.1, 0.15) is 65.3 Å². The first-order valence-corrected chi connectivity index (χ1v) is 23.7. The molecule has 2 unspecified atom stereocenters. The van der Waals surface area contributed by atoms with Crippen LogP contribution in [0.2, 0.25) is 0 Å². The van der Waals surface area contributed by atoms with Crippen LogP contribution < -0.4 is 10.6 Å². The molecule has 0 spiro atoms. The van der Waals surface area contributed by atoms with Gasteiger partial charge in [0.25, 0.3) is 11.8 Å². The lowest BCUT2D eigenvalue weighted by Gasteiger charge is -2.50. The van der Waals surface area contributed by atoms with Gasteiger partial charge in [0.05, 0.1) is 11.8 Å². The van der Waals surface area contributed by atoms with Gasteiger partial charge in [0, 0.05) is 17.7 Å². The zero-order chi connectivity index (χ0) is 43.9. The molecule has 4 heterocycles. The molecular formula is C51H47N5O5S3. The monoisotopic (exact) mass is 905 g/mol. The van der Waals surface area contributed by atoms with Gasteiger partial charge in [-0.3, -0.25) is 14.5 Å². The van der Waals surface area contributed by atoms with Crippen LogP contribution in [0.25, 0.3) is 0 Å². The lowest BCUT2D eigenvalue weighted by atomic mass is 9.77. The Hall–Kier alpha value is -6.12. The smallest absolute Gasteiger partial charge is 0.276 e. The molecule has 2 amide bonds. The van der Waals surface area contributed by atoms with Crippen LogP contribution in [0.5, 0.6) is 0 Å². The fourth-order valence-electron chi connectivity index (χ4n) is 8.71. The molecule has 0 saturated carbocycles. The molecule has 64 heavy (non-hydrogen) atoms. The van der Waals surface area contributed by atoms with E-state index in [0.29, 0.717) is 35.3 Å². The van der Waals surface area contributed by atoms with E-state index >= 15 is 0 Å². The number of thiazole rings is 1. The molecule has 13 heteroatoms. The largest absolute Gasteiger partial charge is 0.469 e. The maximum Gasteiger partial charge on any atom is 0.276 e. The molecule has 3 aliphatic heterocycles. The van der Waals surface area contributed by atoms with Gasteiger partial charge < -0.3 is 24.9 Å². The number of rotatable bonds is 15. The zero-order valence-electron chi connectivity index (χ0n) is 35.2. The molecule has 10 nitrogen and oxygen atoms in total. The van der Waals surface area contributed by atoms with Gasteiger partial charge in [0.1, 0.15) is 35.9 Å². The van der Waals surface area contributed by atoms with Crippen molar-refractivity contribution in [3.05, 3.63) is 202 Å². The number of fused-ring (bicyclic) bond motifs is 1. The number of thiocarbonyl (C=S) groups is 1. The van der Waals surface area contributed by atoms with Crippen LogP contribution in [0.4, 0.5) is 5.13 Å². The molecule has 6 aromatic rings. The molecule has 3 aliphatic rings. The standard InChI is InChI=1S/C51H47N5O5S3/c1-59-55-42(41-33-64-50(52-41)54-51(37-23-11-4-12-24-37,38-25-13-5-14-26-38)39-27-15-6-16-28-39)46(57)53-43-47(58)56-44(36(32-63-48(43)56)31-40-29-17-18-30-60-40)49(62)61-45(34-19-7-2-8-20-34)35-21-9-3-10-22-35/h2-16,19-28,33,40,43,45,48H,17-18,29-32H2,1H3,(H,52,54)(H,53,57)/b55-42+/t40?,43?,48-/m1/s1. The summed E-state index contributed by atoms with van der Waals surface area (Å²) >= 11 is 9.09. The number of ether oxygens (including phenoxy) is 2. The topological polar surface area (TPSA) is 114 Å². The second kappa shape index (κ2) is 19.7. The molecule has 3 atom stereocenters. The summed E-state index contributed by atoms with van der Waals surface area (Å²) in [6.45, 7) is 0.709. The van der Waals surface area contributed by atoms with Crippen LogP contribution >= 0.6 is 35.3 Å². The van der Waals surface area contributed by atoms with E-state index in [2.05, 4.69) is 52.2 Å². The Kier molecular flexibility index (Phi) is 13.3. The molecule has 324 valence electrons. The van der Waals surface area contributed by atoms with Crippen molar-refractivity contribution < 1.29 is 23.9 Å². The van der Waals surface area contributed by atoms with Gasteiger partial charge in [-0.2, -0.15) is 0 Å². The predicted molar refractivity (Wildman–Crippen MR) is 257 cm³/mol. The summed E-state index contributed by atoms with van der Waals surface area (Å²) in [6, 6.07) is 49.6. The van der Waals surface area contributed by atoms with Crippen molar-refractivity contribution >= 4 is 63.0 Å². The number of hydrogen-bond acceptors (Lipinski definition) is 11. The average Bonchev–Trinajstić information content (AvgIpc) is 3.82. The minimum atomic E-state index is -0.859. The molecule has 0 aliphatic carbocycles. The van der Waals surface area contributed by atoms with Gasteiger partial charge >= 0.3 is 0 Å². The van der Waals surface area contributed by atoms with E-state index in [0.717, 1.165) is 52.7 Å². The van der Waals surface area contributed by atoms with Crippen molar-refractivity contribution in [1.29, 1.82) is 0 Å². The molecule has 2 saturated heterocycles. The van der Waals surface area contributed by atoms with E-state index in [4.69, 9.17) is 31.5 Å². The van der Waals surface area contributed by atoms with E-state index in [1.54, 1.807) is 22.0 Å². The number of benzene rings is 5. The molecule has 9 rings (SSSR count). The second-order valence-electron chi connectivity index (χ2n) is 15.7. The van der Waals surface area contributed by atoms with Crippen molar-refractivity contribution in [2.45, 2.75) is 54.8 Å². The normalized spacial score (nSPS) is 18.8. The van der Waals surface area contributed by atoms with Crippen molar-refractivity contribution in [3.8, 4) is 0 Å². The maximum absolute atomic E-state index is 14.4. The van der Waals surface area contributed by atoms with E-state index < -0.39 is 29.0 Å². The summed E-state index contributed by atoms with van der Waals surface area (Å²) < 4.78 is 12.9. The van der Waals surface area contributed by atoms with Crippen LogP contribution in [-0.2, 0) is 29.4 Å². The molecule has 2 fully saturated rings. The third-order valence-corrected chi connectivity index (χ3v) is 14.2. The Balaban J connectivity index is 0.979. The molecule has 1 aromatic heterocycles. The van der Waals surface area contributed by atoms with Crippen molar-refractivity contribution in [1.82, 2.24) is 15.2 Å². The number of β-lactam (4-membered cyclic amide) rings is 1. The van der Waals surface area contributed by atoms with E-state index in [1.165, 1.54) is 18.4 Å². The first-order valence-electron chi connectivity index (χ1n) is 21.4. The lowest BCUT2D eigenvalue weighted by Crippen LogP contribution is -2.71. The highest BCUT2D eigenvalue weighted by atomic mass is 32.2. The highest BCUT2D eigenvalue weighted by Crippen LogP contribution is 2.44. The number of aromatic nitrogens is 1. The van der Waals surface area contributed by atoms with Crippen LogP contribution in [0.15, 0.2) is 173 Å². The van der Waals surface area contributed by atoms with Crippen LogP contribution in [-0.4, -0.2) is 69.4 Å². The number of nitrogens with one attached hydrogen (secondary N) is 2. The number of amides is 2. The predicted octanol–water partition coefficient (Wildman–Crippen LogP) is 9.64. The van der Waals surface area contributed by atoms with Gasteiger partial charge in [-0.1, -0.05) is 157 Å². The average molecular weight is 906 g/mol. The summed E-state index contributed by atoms with van der Waals surface area (Å²) in [4.78, 5) is 40.5. The number of carbonyl (C=O) groups is 2. The zero-order valence-corrected chi connectivity index (χ0v) is 37.6.